The molecule has 0 aliphatic carbocycles. The first-order chi connectivity index (χ1) is 26.1. The van der Waals surface area contributed by atoms with Gasteiger partial charge in [0.15, 0.2) is 0 Å². The molecule has 0 unspecified atom stereocenters. The van der Waals surface area contributed by atoms with Gasteiger partial charge in [0.2, 0.25) is 0 Å². The van der Waals surface area contributed by atoms with Crippen molar-refractivity contribution in [2.75, 3.05) is 0 Å². The second-order valence-electron chi connectivity index (χ2n) is 9.32. The lowest BCUT2D eigenvalue weighted by Crippen LogP contribution is -1.91. The van der Waals surface area contributed by atoms with Crippen LogP contribution in [0.5, 0.6) is 0 Å². The summed E-state index contributed by atoms with van der Waals surface area (Å²) in [6.07, 6.45) is 1.46. The summed E-state index contributed by atoms with van der Waals surface area (Å²) < 4.78 is 146. The van der Waals surface area contributed by atoms with Crippen molar-refractivity contribution in [1.29, 1.82) is 0 Å². The Morgan fingerprint density at radius 1 is 0.550 bits per heavy atom. The quantitative estimate of drug-likeness (QED) is 0.210. The third-order valence-corrected chi connectivity index (χ3v) is 7.21. The summed E-state index contributed by atoms with van der Waals surface area (Å²) in [7, 11) is 0. The lowest BCUT2D eigenvalue weighted by atomic mass is 9.85. The van der Waals surface area contributed by atoms with Crippen molar-refractivity contribution in [3.8, 4) is 22.3 Å². The Morgan fingerprint density at radius 3 is 2.00 bits per heavy atom. The Morgan fingerprint density at radius 2 is 1.23 bits per heavy atom. The Labute approximate surface area is 250 Å². The van der Waals surface area contributed by atoms with Gasteiger partial charge in [0.05, 0.1) is 32.2 Å². The first-order valence-electron chi connectivity index (χ1n) is 19.9. The largest absolute Gasteiger partial charge is 0.464 e. The highest BCUT2D eigenvalue weighted by atomic mass is 16.3. The number of benzene rings is 7. The molecule has 0 saturated carbocycles. The lowest BCUT2D eigenvalue weighted by Gasteiger charge is -2.18. The second-order valence-corrected chi connectivity index (χ2v) is 9.32. The number of furan rings is 2. The molecule has 0 N–H and O–H groups in total. The SMILES string of the molecule is [2H]c1c([2H])c([2H])c2c([2H])c(-c3c4c([2H])c([2H])c([2H])c([2H])c4c(-c4cc5ccoc5c5c4oc4ccccc45)c4c([2H])c([2H])c([2H])c([2H])c34)c([2H])c([2H])c2c1[2H]. The predicted octanol–water partition coefficient (Wildman–Crippen LogP) is 11.1. The van der Waals surface area contributed by atoms with E-state index in [1.807, 2.05) is 6.07 Å². The molecule has 2 heterocycles. The van der Waals surface area contributed by atoms with Gasteiger partial charge < -0.3 is 8.83 Å². The average Bonchev–Trinajstić information content (AvgIpc) is 3.81. The van der Waals surface area contributed by atoms with Crippen LogP contribution in [-0.4, -0.2) is 0 Å². The molecule has 7 aromatic carbocycles. The standard InChI is InChI=1S/C38H22O2/c1-2-10-24-21-25(18-17-23(24)9-1)34-27-11-3-5-13-29(27)35(30-14-6-4-12-28(30)34)32-22-26-19-20-39-37(26)36-31-15-7-8-16-33(31)40-38(32)36/h1-22H/i1D,2D,3D,4D,5D,6D,9D,10D,11D,12D,13D,14D,17D,18D,21D. The lowest BCUT2D eigenvalue weighted by molar-refractivity contribution is 0.618. The van der Waals surface area contributed by atoms with Crippen molar-refractivity contribution in [2.45, 2.75) is 0 Å². The van der Waals surface area contributed by atoms with Crippen LogP contribution in [-0.2, 0) is 0 Å². The summed E-state index contributed by atoms with van der Waals surface area (Å²) in [4.78, 5) is 0. The van der Waals surface area contributed by atoms with E-state index in [0.29, 0.717) is 27.3 Å². The molecule has 0 saturated heterocycles. The molecule has 0 radical (unpaired) electrons. The van der Waals surface area contributed by atoms with Crippen LogP contribution in [0, 0.1) is 0 Å². The Bertz CT molecular complexity index is 3190. The van der Waals surface area contributed by atoms with E-state index >= 15 is 0 Å². The minimum atomic E-state index is -0.753. The van der Waals surface area contributed by atoms with Crippen LogP contribution in [0.15, 0.2) is 142 Å². The fourth-order valence-electron chi connectivity index (χ4n) is 5.55. The number of fused-ring (bicyclic) bond motifs is 8. The molecule has 0 fully saturated rings. The fraction of sp³-hybridized carbons (Fsp3) is 0. The molecule has 9 rings (SSSR count). The van der Waals surface area contributed by atoms with Crippen molar-refractivity contribution in [3.63, 3.8) is 0 Å². The Balaban J connectivity index is 1.65. The van der Waals surface area contributed by atoms with Gasteiger partial charge in [-0.2, -0.15) is 0 Å². The summed E-state index contributed by atoms with van der Waals surface area (Å²) in [5, 5.41) is -0.298. The van der Waals surface area contributed by atoms with Crippen molar-refractivity contribution in [2.24, 2.45) is 0 Å². The molecule has 0 bridgehead atoms. The maximum Gasteiger partial charge on any atom is 0.147 e. The van der Waals surface area contributed by atoms with E-state index in [9.17, 15) is 8.22 Å². The highest BCUT2D eigenvalue weighted by Gasteiger charge is 2.22. The molecule has 0 amide bonds. The fourth-order valence-corrected chi connectivity index (χ4v) is 5.55. The zero-order chi connectivity index (χ0) is 39.3. The summed E-state index contributed by atoms with van der Waals surface area (Å²) in [5.74, 6) is 0. The van der Waals surface area contributed by atoms with Crippen LogP contribution in [0.2, 0.25) is 0 Å². The van der Waals surface area contributed by atoms with E-state index in [1.54, 1.807) is 30.3 Å². The molecule has 2 nitrogen and oxygen atoms in total. The molecule has 0 atom stereocenters. The third-order valence-electron chi connectivity index (χ3n) is 7.21. The molecule has 40 heavy (non-hydrogen) atoms. The van der Waals surface area contributed by atoms with E-state index in [4.69, 9.17) is 21.2 Å². The summed E-state index contributed by atoms with van der Waals surface area (Å²) >= 11 is 0. The van der Waals surface area contributed by atoms with E-state index in [2.05, 4.69) is 0 Å². The summed E-state index contributed by atoms with van der Waals surface area (Å²) in [5.41, 5.74) is 0.317. The molecular formula is C38H22O2. The van der Waals surface area contributed by atoms with Crippen molar-refractivity contribution in [3.05, 3.63) is 133 Å². The number of para-hydroxylation sites is 1. The monoisotopic (exact) mass is 525 g/mol. The van der Waals surface area contributed by atoms with Gasteiger partial charge in [0.1, 0.15) is 16.7 Å². The van der Waals surface area contributed by atoms with E-state index in [1.165, 1.54) is 6.26 Å². The highest BCUT2D eigenvalue weighted by molar-refractivity contribution is 6.27. The molecule has 9 aromatic rings. The first-order valence-corrected chi connectivity index (χ1v) is 12.4. The van der Waals surface area contributed by atoms with Crippen LogP contribution in [0.4, 0.5) is 0 Å². The molecule has 2 aromatic heterocycles. The van der Waals surface area contributed by atoms with Crippen molar-refractivity contribution in [1.82, 2.24) is 0 Å². The summed E-state index contributed by atoms with van der Waals surface area (Å²) in [6, 6.07) is 0.123. The van der Waals surface area contributed by atoms with E-state index in [-0.39, 0.29) is 38.3 Å². The van der Waals surface area contributed by atoms with Crippen molar-refractivity contribution >= 4 is 65.2 Å². The van der Waals surface area contributed by atoms with Gasteiger partial charge in [-0.3, -0.25) is 0 Å². The van der Waals surface area contributed by atoms with Crippen LogP contribution in [0.3, 0.4) is 0 Å². The first kappa shape index (κ1) is 11.8. The van der Waals surface area contributed by atoms with Crippen LogP contribution in [0.25, 0.3) is 87.5 Å². The molecule has 186 valence electrons. The highest BCUT2D eigenvalue weighted by Crippen LogP contribution is 2.48. The maximum absolute atomic E-state index is 9.41. The molecular weight excluding hydrogens is 488 g/mol. The number of hydrogen-bond acceptors (Lipinski definition) is 2. The van der Waals surface area contributed by atoms with E-state index in [0.717, 1.165) is 0 Å². The molecule has 0 spiro atoms. The van der Waals surface area contributed by atoms with Gasteiger partial charge >= 0.3 is 0 Å². The number of rotatable bonds is 2. The normalized spacial score (nSPS) is 17.2. The molecule has 0 aliphatic heterocycles. The van der Waals surface area contributed by atoms with Gasteiger partial charge in [-0.1, -0.05) is 103 Å². The van der Waals surface area contributed by atoms with Gasteiger partial charge in [0, 0.05) is 21.9 Å². The smallest absolute Gasteiger partial charge is 0.147 e. The van der Waals surface area contributed by atoms with Gasteiger partial charge in [-0.25, -0.2) is 0 Å². The maximum atomic E-state index is 9.41. The second kappa shape index (κ2) is 8.08. The van der Waals surface area contributed by atoms with Crippen LogP contribution >= 0.6 is 0 Å². The van der Waals surface area contributed by atoms with Crippen molar-refractivity contribution < 1.29 is 29.4 Å². The zero-order valence-electron chi connectivity index (χ0n) is 35.4. The average molecular weight is 526 g/mol. The molecule has 0 aliphatic rings. The van der Waals surface area contributed by atoms with Crippen LogP contribution < -0.4 is 0 Å². The van der Waals surface area contributed by atoms with Gasteiger partial charge in [-0.15, -0.1) is 0 Å². The predicted molar refractivity (Wildman–Crippen MR) is 167 cm³/mol. The zero-order valence-corrected chi connectivity index (χ0v) is 20.4. The Hall–Kier alpha value is -5.34. The topological polar surface area (TPSA) is 26.3 Å². The minimum absolute atomic E-state index is 0.0493. The molecule has 2 heteroatoms. The van der Waals surface area contributed by atoms with E-state index < -0.39 is 113 Å². The van der Waals surface area contributed by atoms with Crippen LogP contribution in [0.1, 0.15) is 20.6 Å². The summed E-state index contributed by atoms with van der Waals surface area (Å²) in [6.45, 7) is 0. The Kier molecular flexibility index (Phi) is 2.39. The third kappa shape index (κ3) is 2.93. The number of hydrogen-bond donors (Lipinski definition) is 0. The van der Waals surface area contributed by atoms with Gasteiger partial charge in [-0.05, 0) is 67.7 Å². The van der Waals surface area contributed by atoms with Gasteiger partial charge in [0.25, 0.3) is 0 Å². The minimum Gasteiger partial charge on any atom is -0.464 e.